The molecule has 1 aromatic heterocycles. The molecule has 1 heterocycles. The zero-order valence-corrected chi connectivity index (χ0v) is 18.2. The lowest BCUT2D eigenvalue weighted by atomic mass is 10.0. The number of nitrogens with zero attached hydrogens (tertiary/aromatic N) is 3. The maximum atomic E-state index is 13.2. The van der Waals surface area contributed by atoms with Gasteiger partial charge in [-0.3, -0.25) is 9.48 Å². The van der Waals surface area contributed by atoms with E-state index in [9.17, 15) is 9.18 Å². The summed E-state index contributed by atoms with van der Waals surface area (Å²) in [6, 6.07) is 21.9. The lowest BCUT2D eigenvalue weighted by molar-refractivity contribution is 0.102. The van der Waals surface area contributed by atoms with Crippen molar-refractivity contribution in [3.05, 3.63) is 96.1 Å². The molecule has 0 radical (unpaired) electrons. The van der Waals surface area contributed by atoms with Gasteiger partial charge >= 0.3 is 0 Å². The maximum absolute atomic E-state index is 13.2. The summed E-state index contributed by atoms with van der Waals surface area (Å²) in [6.45, 7) is 0.706. The Morgan fingerprint density at radius 2 is 1.70 bits per heavy atom. The Morgan fingerprint density at radius 3 is 2.48 bits per heavy atom. The van der Waals surface area contributed by atoms with E-state index >= 15 is 0 Å². The minimum Gasteiger partial charge on any atom is -0.397 e. The van der Waals surface area contributed by atoms with Crippen molar-refractivity contribution in [2.75, 3.05) is 11.1 Å². The van der Waals surface area contributed by atoms with E-state index in [4.69, 9.17) is 5.73 Å². The number of halogens is 1. The molecule has 0 unspecified atom stereocenters. The number of carbonyl (C=O) groups excluding carboxylic acids is 1. The fourth-order valence-corrected chi connectivity index (χ4v) is 3.61. The smallest absolute Gasteiger partial charge is 0.277 e. The number of rotatable bonds is 9. The molecule has 0 saturated carbocycles. The minimum atomic E-state index is -0.381. The van der Waals surface area contributed by atoms with E-state index in [-0.39, 0.29) is 17.4 Å². The van der Waals surface area contributed by atoms with E-state index in [0.717, 1.165) is 36.8 Å². The highest BCUT2D eigenvalue weighted by Crippen LogP contribution is 2.27. The molecule has 0 aliphatic heterocycles. The first-order valence-corrected chi connectivity index (χ1v) is 11.0. The molecule has 3 aromatic carbocycles. The van der Waals surface area contributed by atoms with E-state index < -0.39 is 0 Å². The first-order chi connectivity index (χ1) is 16.1. The van der Waals surface area contributed by atoms with Crippen LogP contribution in [0.4, 0.5) is 15.8 Å². The summed E-state index contributed by atoms with van der Waals surface area (Å²) in [6.07, 6.45) is 5.85. The van der Waals surface area contributed by atoms with Crippen molar-refractivity contribution in [3.8, 4) is 11.1 Å². The van der Waals surface area contributed by atoms with Crippen LogP contribution in [0, 0.1) is 5.82 Å². The van der Waals surface area contributed by atoms with E-state index in [0.29, 0.717) is 17.9 Å². The van der Waals surface area contributed by atoms with Crippen molar-refractivity contribution in [2.45, 2.75) is 32.2 Å². The molecule has 0 aliphatic rings. The van der Waals surface area contributed by atoms with Gasteiger partial charge in [0.2, 0.25) is 0 Å². The third kappa shape index (κ3) is 6.04. The first kappa shape index (κ1) is 22.2. The Bertz CT molecular complexity index is 1210. The van der Waals surface area contributed by atoms with Gasteiger partial charge in [-0.05, 0) is 60.2 Å². The summed E-state index contributed by atoms with van der Waals surface area (Å²) in [4.78, 5) is 12.7. The van der Waals surface area contributed by atoms with E-state index in [1.165, 1.54) is 17.7 Å². The third-order valence-corrected chi connectivity index (χ3v) is 5.45. The molecule has 0 spiro atoms. The molecule has 0 bridgehead atoms. The number of aromatic nitrogens is 3. The molecule has 0 aliphatic carbocycles. The zero-order chi connectivity index (χ0) is 23.0. The number of hydrogen-bond acceptors (Lipinski definition) is 4. The number of nitrogens with one attached hydrogen (secondary N) is 1. The fourth-order valence-electron chi connectivity index (χ4n) is 3.61. The Kier molecular flexibility index (Phi) is 7.09. The highest BCUT2D eigenvalue weighted by molar-refractivity contribution is 6.04. The van der Waals surface area contributed by atoms with Crippen molar-refractivity contribution in [3.63, 3.8) is 0 Å². The van der Waals surface area contributed by atoms with Crippen molar-refractivity contribution in [1.82, 2.24) is 15.0 Å². The quantitative estimate of drug-likeness (QED) is 0.270. The highest BCUT2D eigenvalue weighted by Gasteiger charge is 2.13. The molecule has 1 amide bonds. The third-order valence-electron chi connectivity index (χ3n) is 5.45. The predicted molar refractivity (Wildman–Crippen MR) is 128 cm³/mol. The highest BCUT2D eigenvalue weighted by atomic mass is 19.1. The Hall–Kier alpha value is -4.00. The number of nitrogen functional groups attached to an aromatic ring is 1. The molecule has 7 heteroatoms. The topological polar surface area (TPSA) is 85.8 Å². The number of unbranched alkanes of at least 4 members (excludes halogenated alkanes) is 2. The largest absolute Gasteiger partial charge is 0.397 e. The van der Waals surface area contributed by atoms with Crippen molar-refractivity contribution < 1.29 is 9.18 Å². The number of anilines is 2. The van der Waals surface area contributed by atoms with Crippen LogP contribution < -0.4 is 11.1 Å². The summed E-state index contributed by atoms with van der Waals surface area (Å²) in [5, 5.41) is 10.9. The summed E-state index contributed by atoms with van der Waals surface area (Å²) >= 11 is 0. The number of carbonyl (C=O) groups is 1. The molecule has 4 rings (SSSR count). The second-order valence-electron chi connectivity index (χ2n) is 7.93. The van der Waals surface area contributed by atoms with Gasteiger partial charge in [-0.2, -0.15) is 0 Å². The van der Waals surface area contributed by atoms with E-state index in [1.54, 1.807) is 35.1 Å². The summed E-state index contributed by atoms with van der Waals surface area (Å²) in [7, 11) is 0. The van der Waals surface area contributed by atoms with Crippen molar-refractivity contribution >= 4 is 17.3 Å². The molecule has 4 aromatic rings. The Labute approximate surface area is 192 Å². The average molecular weight is 444 g/mol. The lowest BCUT2D eigenvalue weighted by Gasteiger charge is -2.10. The second-order valence-corrected chi connectivity index (χ2v) is 7.93. The van der Waals surface area contributed by atoms with Crippen LogP contribution in [0.3, 0.4) is 0 Å². The monoisotopic (exact) mass is 443 g/mol. The minimum absolute atomic E-state index is 0.228. The van der Waals surface area contributed by atoms with E-state index in [1.807, 2.05) is 12.1 Å². The normalized spacial score (nSPS) is 10.8. The molecule has 0 atom stereocenters. The fraction of sp³-hybridized carbons (Fsp3) is 0.192. The molecular formula is C26H26FN5O. The summed E-state index contributed by atoms with van der Waals surface area (Å²) in [5.41, 5.74) is 10.2. The SMILES string of the molecule is Nc1ccc(-c2ccc(F)cc2)cc1NC(=O)c1cn(CCCCCc2ccccc2)nn1. The van der Waals surface area contributed by atoms with Gasteiger partial charge in [0.15, 0.2) is 5.69 Å². The molecule has 6 nitrogen and oxygen atoms in total. The Balaban J connectivity index is 1.31. The van der Waals surface area contributed by atoms with Gasteiger partial charge in [-0.15, -0.1) is 5.10 Å². The number of nitrogens with two attached hydrogens (primary N) is 1. The van der Waals surface area contributed by atoms with Gasteiger partial charge in [-0.1, -0.05) is 60.2 Å². The standard InChI is InChI=1S/C26H26FN5O/c27-22-13-10-20(11-14-22)21-12-15-23(28)24(17-21)29-26(33)25-18-32(31-30-25)16-6-2-5-9-19-7-3-1-4-8-19/h1,3-4,7-8,10-15,17-18H,2,5-6,9,16,28H2,(H,29,33). The number of hydrogen-bond donors (Lipinski definition) is 2. The molecule has 0 fully saturated rings. The van der Waals surface area contributed by atoms with Gasteiger partial charge in [0.25, 0.3) is 5.91 Å². The van der Waals surface area contributed by atoms with Gasteiger partial charge < -0.3 is 11.1 Å². The summed E-state index contributed by atoms with van der Waals surface area (Å²) < 4.78 is 14.9. The van der Waals surface area contributed by atoms with E-state index in [2.05, 4.69) is 39.9 Å². The van der Waals surface area contributed by atoms with Gasteiger partial charge in [0, 0.05) is 6.54 Å². The molecule has 3 N–H and O–H groups in total. The van der Waals surface area contributed by atoms with Crippen LogP contribution in [0.15, 0.2) is 79.0 Å². The van der Waals surface area contributed by atoms with Crippen LogP contribution in [0.1, 0.15) is 35.3 Å². The van der Waals surface area contributed by atoms with Gasteiger partial charge in [0.05, 0.1) is 17.6 Å². The molecule has 168 valence electrons. The maximum Gasteiger partial charge on any atom is 0.277 e. The number of aryl methyl sites for hydroxylation is 2. The molecule has 0 saturated heterocycles. The Morgan fingerprint density at radius 1 is 0.939 bits per heavy atom. The summed E-state index contributed by atoms with van der Waals surface area (Å²) in [5.74, 6) is -0.685. The van der Waals surface area contributed by atoms with Gasteiger partial charge in [0.1, 0.15) is 5.82 Å². The van der Waals surface area contributed by atoms with Crippen LogP contribution in [-0.2, 0) is 13.0 Å². The number of amides is 1. The second kappa shape index (κ2) is 10.5. The van der Waals surface area contributed by atoms with Crippen LogP contribution in [0.5, 0.6) is 0 Å². The van der Waals surface area contributed by atoms with Crippen LogP contribution in [0.25, 0.3) is 11.1 Å². The number of benzene rings is 3. The molecule has 33 heavy (non-hydrogen) atoms. The van der Waals surface area contributed by atoms with Crippen LogP contribution >= 0.6 is 0 Å². The molecular weight excluding hydrogens is 417 g/mol. The van der Waals surface area contributed by atoms with Gasteiger partial charge in [-0.25, -0.2) is 4.39 Å². The lowest BCUT2D eigenvalue weighted by Crippen LogP contribution is -2.13. The average Bonchev–Trinajstić information content (AvgIpc) is 3.31. The zero-order valence-electron chi connectivity index (χ0n) is 18.2. The van der Waals surface area contributed by atoms with Crippen molar-refractivity contribution in [1.29, 1.82) is 0 Å². The van der Waals surface area contributed by atoms with Crippen LogP contribution in [-0.4, -0.2) is 20.9 Å². The van der Waals surface area contributed by atoms with Crippen LogP contribution in [0.2, 0.25) is 0 Å². The first-order valence-electron chi connectivity index (χ1n) is 11.0. The van der Waals surface area contributed by atoms with Crippen molar-refractivity contribution in [2.24, 2.45) is 0 Å². The predicted octanol–water partition coefficient (Wildman–Crippen LogP) is 5.33.